The summed E-state index contributed by atoms with van der Waals surface area (Å²) in [7, 11) is 1.95. The fourth-order valence-corrected chi connectivity index (χ4v) is 2.82. The zero-order valence-corrected chi connectivity index (χ0v) is 12.1. The monoisotopic (exact) mass is 271 g/mol. The second-order valence-corrected chi connectivity index (χ2v) is 5.29. The molecular weight excluding hydrogens is 250 g/mol. The van der Waals surface area contributed by atoms with E-state index in [1.807, 2.05) is 19.3 Å². The molecule has 1 fully saturated rings. The molecule has 0 spiro atoms. The predicted molar refractivity (Wildman–Crippen MR) is 82.5 cm³/mol. The topological polar surface area (TPSA) is 46.2 Å². The summed E-state index contributed by atoms with van der Waals surface area (Å²) in [6.07, 6.45) is 4.26. The summed E-state index contributed by atoms with van der Waals surface area (Å²) in [6.45, 7) is 4.14. The second kappa shape index (κ2) is 5.67. The van der Waals surface area contributed by atoms with Crippen LogP contribution in [0.25, 0.3) is 10.8 Å². The van der Waals surface area contributed by atoms with Gasteiger partial charge in [0.1, 0.15) is 6.10 Å². The minimum absolute atomic E-state index is 0.271. The zero-order chi connectivity index (χ0) is 13.9. The minimum Gasteiger partial charge on any atom is -0.474 e. The Kier molecular flexibility index (Phi) is 3.74. The molecule has 0 radical (unpaired) electrons. The van der Waals surface area contributed by atoms with Crippen LogP contribution in [0, 0.1) is 6.92 Å². The Balaban J connectivity index is 2.00. The maximum absolute atomic E-state index is 6.14. The van der Waals surface area contributed by atoms with E-state index in [-0.39, 0.29) is 6.10 Å². The van der Waals surface area contributed by atoms with Gasteiger partial charge in [-0.25, -0.2) is 4.98 Å². The number of benzene rings is 1. The van der Waals surface area contributed by atoms with Gasteiger partial charge in [0.05, 0.1) is 0 Å². The normalized spacial score (nSPS) is 16.3. The number of piperidine rings is 1. The standard InChI is InChI=1S/C16H21N3O/c1-11-10-19-16(20-12-6-8-18-9-7-12)13-4-3-5-14(17-2)15(11)13/h3-5,10,12,17-18H,6-9H2,1-2H3. The Morgan fingerprint density at radius 1 is 1.30 bits per heavy atom. The second-order valence-electron chi connectivity index (χ2n) is 5.29. The van der Waals surface area contributed by atoms with Gasteiger partial charge in [0, 0.05) is 29.7 Å². The molecule has 0 unspecified atom stereocenters. The van der Waals surface area contributed by atoms with Gasteiger partial charge in [-0.05, 0) is 50.6 Å². The third-order valence-corrected chi connectivity index (χ3v) is 3.90. The molecule has 0 aliphatic carbocycles. The number of aryl methyl sites for hydroxylation is 1. The zero-order valence-electron chi connectivity index (χ0n) is 12.1. The first kappa shape index (κ1) is 13.2. The molecule has 1 aliphatic heterocycles. The average molecular weight is 271 g/mol. The van der Waals surface area contributed by atoms with Gasteiger partial charge < -0.3 is 15.4 Å². The van der Waals surface area contributed by atoms with Crippen LogP contribution < -0.4 is 15.4 Å². The van der Waals surface area contributed by atoms with Crippen LogP contribution in [-0.4, -0.2) is 31.2 Å². The van der Waals surface area contributed by atoms with Crippen molar-refractivity contribution in [2.24, 2.45) is 0 Å². The molecule has 4 heteroatoms. The number of nitrogens with zero attached hydrogens (tertiary/aromatic N) is 1. The smallest absolute Gasteiger partial charge is 0.221 e. The first-order valence-electron chi connectivity index (χ1n) is 7.23. The van der Waals surface area contributed by atoms with Gasteiger partial charge in [-0.2, -0.15) is 0 Å². The molecule has 0 atom stereocenters. The van der Waals surface area contributed by atoms with E-state index >= 15 is 0 Å². The van der Waals surface area contributed by atoms with Gasteiger partial charge in [-0.1, -0.05) is 6.07 Å². The maximum Gasteiger partial charge on any atom is 0.221 e. The van der Waals surface area contributed by atoms with Crippen LogP contribution in [0.4, 0.5) is 5.69 Å². The number of ether oxygens (including phenoxy) is 1. The maximum atomic E-state index is 6.14. The highest BCUT2D eigenvalue weighted by molar-refractivity contribution is 5.98. The van der Waals surface area contributed by atoms with Crippen LogP contribution in [0.1, 0.15) is 18.4 Å². The van der Waals surface area contributed by atoms with Crippen LogP contribution in [0.5, 0.6) is 5.88 Å². The lowest BCUT2D eigenvalue weighted by Gasteiger charge is -2.24. The Labute approximate surface area is 119 Å². The number of aromatic nitrogens is 1. The largest absolute Gasteiger partial charge is 0.474 e. The highest BCUT2D eigenvalue weighted by Gasteiger charge is 2.17. The van der Waals surface area contributed by atoms with Gasteiger partial charge in [0.2, 0.25) is 5.88 Å². The predicted octanol–water partition coefficient (Wildman–Crippen LogP) is 2.72. The SMILES string of the molecule is CNc1cccc2c(OC3CCNCC3)ncc(C)c12. The van der Waals surface area contributed by atoms with Gasteiger partial charge in [0.15, 0.2) is 0 Å². The van der Waals surface area contributed by atoms with E-state index in [4.69, 9.17) is 4.74 Å². The molecule has 0 saturated carbocycles. The van der Waals surface area contributed by atoms with Crippen molar-refractivity contribution in [3.8, 4) is 5.88 Å². The van der Waals surface area contributed by atoms with Crippen molar-refractivity contribution < 1.29 is 4.74 Å². The molecule has 2 N–H and O–H groups in total. The molecule has 1 aromatic carbocycles. The molecule has 3 rings (SSSR count). The van der Waals surface area contributed by atoms with E-state index in [0.717, 1.165) is 42.9 Å². The summed E-state index contributed by atoms with van der Waals surface area (Å²) in [6, 6.07) is 6.22. The van der Waals surface area contributed by atoms with Crippen molar-refractivity contribution in [2.75, 3.05) is 25.5 Å². The lowest BCUT2D eigenvalue weighted by molar-refractivity contribution is 0.158. The average Bonchev–Trinajstić information content (AvgIpc) is 2.50. The van der Waals surface area contributed by atoms with Crippen molar-refractivity contribution in [3.63, 3.8) is 0 Å². The van der Waals surface area contributed by atoms with E-state index in [2.05, 4.69) is 34.7 Å². The number of pyridine rings is 1. The van der Waals surface area contributed by atoms with Gasteiger partial charge in [0.25, 0.3) is 0 Å². The molecule has 1 saturated heterocycles. The molecular formula is C16H21N3O. The van der Waals surface area contributed by atoms with Crippen molar-refractivity contribution in [2.45, 2.75) is 25.9 Å². The van der Waals surface area contributed by atoms with Crippen LogP contribution >= 0.6 is 0 Å². The van der Waals surface area contributed by atoms with Gasteiger partial charge in [-0.3, -0.25) is 0 Å². The third kappa shape index (κ3) is 2.43. The van der Waals surface area contributed by atoms with Crippen molar-refractivity contribution in [1.82, 2.24) is 10.3 Å². The summed E-state index contributed by atoms with van der Waals surface area (Å²) in [5.74, 6) is 0.759. The molecule has 0 amide bonds. The van der Waals surface area contributed by atoms with Crippen LogP contribution in [0.3, 0.4) is 0 Å². The van der Waals surface area contributed by atoms with E-state index in [9.17, 15) is 0 Å². The van der Waals surface area contributed by atoms with E-state index < -0.39 is 0 Å². The summed E-state index contributed by atoms with van der Waals surface area (Å²) in [5.41, 5.74) is 2.29. The molecule has 20 heavy (non-hydrogen) atoms. The first-order valence-corrected chi connectivity index (χ1v) is 7.23. The lowest BCUT2D eigenvalue weighted by Crippen LogP contribution is -2.34. The van der Waals surface area contributed by atoms with Gasteiger partial charge >= 0.3 is 0 Å². The summed E-state index contributed by atoms with van der Waals surface area (Å²) in [5, 5.41) is 8.90. The lowest BCUT2D eigenvalue weighted by atomic mass is 10.1. The number of nitrogens with one attached hydrogen (secondary N) is 2. The molecule has 106 valence electrons. The van der Waals surface area contributed by atoms with Gasteiger partial charge in [-0.15, -0.1) is 0 Å². The quantitative estimate of drug-likeness (QED) is 0.901. The fourth-order valence-electron chi connectivity index (χ4n) is 2.82. The summed E-state index contributed by atoms with van der Waals surface area (Å²) < 4.78 is 6.14. The van der Waals surface area contributed by atoms with Crippen LogP contribution in [0.15, 0.2) is 24.4 Å². The van der Waals surface area contributed by atoms with E-state index in [1.165, 1.54) is 10.9 Å². The third-order valence-electron chi connectivity index (χ3n) is 3.90. The molecule has 1 aromatic heterocycles. The highest BCUT2D eigenvalue weighted by atomic mass is 16.5. The fraction of sp³-hybridized carbons (Fsp3) is 0.438. The molecule has 4 nitrogen and oxygen atoms in total. The Hall–Kier alpha value is -1.81. The molecule has 0 bridgehead atoms. The Morgan fingerprint density at radius 2 is 2.10 bits per heavy atom. The molecule has 1 aliphatic rings. The number of hydrogen-bond acceptors (Lipinski definition) is 4. The first-order chi connectivity index (χ1) is 9.79. The Bertz CT molecular complexity index is 606. The number of rotatable bonds is 3. The molecule has 2 heterocycles. The number of anilines is 1. The number of fused-ring (bicyclic) bond motifs is 1. The van der Waals surface area contributed by atoms with Crippen molar-refractivity contribution in [3.05, 3.63) is 30.0 Å². The van der Waals surface area contributed by atoms with Crippen LogP contribution in [0.2, 0.25) is 0 Å². The summed E-state index contributed by atoms with van der Waals surface area (Å²) >= 11 is 0. The molecule has 2 aromatic rings. The Morgan fingerprint density at radius 3 is 2.85 bits per heavy atom. The van der Waals surface area contributed by atoms with Crippen molar-refractivity contribution >= 4 is 16.5 Å². The number of hydrogen-bond donors (Lipinski definition) is 2. The van der Waals surface area contributed by atoms with E-state index in [1.54, 1.807) is 0 Å². The summed E-state index contributed by atoms with van der Waals surface area (Å²) in [4.78, 5) is 4.51. The highest BCUT2D eigenvalue weighted by Crippen LogP contribution is 2.32. The minimum atomic E-state index is 0.271. The van der Waals surface area contributed by atoms with Crippen molar-refractivity contribution in [1.29, 1.82) is 0 Å². The van der Waals surface area contributed by atoms with Crippen LogP contribution in [-0.2, 0) is 0 Å². The van der Waals surface area contributed by atoms with E-state index in [0.29, 0.717) is 0 Å².